The number of alkyl halides is 1. The fraction of sp³-hybridized carbons (Fsp3) is 0.774. The van der Waals surface area contributed by atoms with Gasteiger partial charge in [0.25, 0.3) is 5.91 Å². The normalized spacial score (nSPS) is 37.5. The molecule has 7 N–H and O–H groups in total. The first-order valence-corrected chi connectivity index (χ1v) is 30.5. The molecule has 5 heterocycles. The monoisotopic (exact) mass is 1220 g/mol. The Morgan fingerprint density at radius 1 is 0.965 bits per heavy atom. The van der Waals surface area contributed by atoms with Crippen LogP contribution in [-0.4, -0.2) is 214 Å². The third-order valence-corrected chi connectivity index (χ3v) is 18.9. The average Bonchev–Trinajstić information content (AvgIpc) is 1.52. The van der Waals surface area contributed by atoms with Gasteiger partial charge in [0.2, 0.25) is 0 Å². The maximum absolute atomic E-state index is 15.1. The van der Waals surface area contributed by atoms with E-state index in [2.05, 4.69) is 26.2 Å². The first kappa shape index (κ1) is 70.7. The van der Waals surface area contributed by atoms with E-state index in [1.807, 2.05) is 69.1 Å². The lowest BCUT2D eigenvalue weighted by molar-refractivity contribution is -0.305. The second-order valence-corrected chi connectivity index (χ2v) is 25.1. The van der Waals surface area contributed by atoms with E-state index in [1.165, 1.54) is 28.3 Å². The molecule has 0 aromatic heterocycles. The number of aliphatic hydroxyl groups excluding tert-OH is 2. The van der Waals surface area contributed by atoms with Crippen LogP contribution in [-0.2, 0) is 57.0 Å². The molecule has 86 heavy (non-hydrogen) atoms. The fourth-order valence-corrected chi connectivity index (χ4v) is 13.6. The Morgan fingerprint density at radius 2 is 1.66 bits per heavy atom. The second kappa shape index (κ2) is 31.4. The Bertz CT molecular complexity index is 2490. The zero-order chi connectivity index (χ0) is 63.4. The highest BCUT2D eigenvalue weighted by atomic mass is 19.1. The smallest absolute Gasteiger partial charge is 0.309 e. The van der Waals surface area contributed by atoms with E-state index < -0.39 is 138 Å². The molecule has 5 aliphatic heterocycles. The summed E-state index contributed by atoms with van der Waals surface area (Å²) in [6, 6.07) is 5.01. The molecule has 21 atom stereocenters. The lowest BCUT2D eigenvalue weighted by Gasteiger charge is -2.52. The van der Waals surface area contributed by atoms with Crippen molar-refractivity contribution < 1.29 is 76.7 Å². The van der Waals surface area contributed by atoms with Crippen molar-refractivity contribution in [2.45, 2.75) is 204 Å². The zero-order valence-corrected chi connectivity index (χ0v) is 53.4. The number of nitrogens with one attached hydrogen (secondary N) is 2. The number of rotatable bonds is 23. The Kier molecular flexibility index (Phi) is 25.8. The van der Waals surface area contributed by atoms with E-state index >= 15 is 14.0 Å². The Hall–Kier alpha value is -4.41. The van der Waals surface area contributed by atoms with Gasteiger partial charge < -0.3 is 68.6 Å². The minimum atomic E-state index is -1.95. The van der Waals surface area contributed by atoms with Crippen molar-refractivity contribution in [3.8, 4) is 0 Å². The highest BCUT2D eigenvalue weighted by Gasteiger charge is 2.56. The minimum absolute atomic E-state index is 0.0489. The van der Waals surface area contributed by atoms with E-state index in [0.29, 0.717) is 38.2 Å². The summed E-state index contributed by atoms with van der Waals surface area (Å²) in [5.74, 6) is -5.38. The van der Waals surface area contributed by atoms with Crippen LogP contribution in [0.2, 0.25) is 0 Å². The number of amides is 1. The molecule has 23 nitrogen and oxygen atoms in total. The molecule has 6 rings (SSSR count). The summed E-state index contributed by atoms with van der Waals surface area (Å²) in [5.41, 5.74) is 9.65. The van der Waals surface area contributed by atoms with E-state index in [-0.39, 0.29) is 50.9 Å². The molecular weight excluding hydrogens is 1120 g/mol. The number of esters is 1. The number of aliphatic hydroxyl groups is 3. The van der Waals surface area contributed by atoms with E-state index in [0.717, 1.165) is 16.7 Å². The van der Waals surface area contributed by atoms with Crippen molar-refractivity contribution >= 4 is 29.4 Å². The Balaban J connectivity index is 1.26. The van der Waals surface area contributed by atoms with Crippen molar-refractivity contribution in [2.24, 2.45) is 50.7 Å². The maximum atomic E-state index is 15.1. The summed E-state index contributed by atoms with van der Waals surface area (Å²) in [4.78, 5) is 49.5. The average molecular weight is 1220 g/mol. The number of benzene rings is 1. The topological polar surface area (TPSA) is 289 Å². The molecule has 1 aromatic carbocycles. The number of carbonyl (C=O) groups excluding carboxylic acids is 3. The third-order valence-electron chi connectivity index (χ3n) is 18.9. The number of likely N-dealkylation sites (N-methyl/N-ethyl adjacent to an activating group) is 1. The number of nitrogens with two attached hydrogens (primary N) is 1. The van der Waals surface area contributed by atoms with Gasteiger partial charge in [0.15, 0.2) is 6.29 Å². The summed E-state index contributed by atoms with van der Waals surface area (Å²) in [6.07, 6.45) is -0.804. The number of hydrazine groups is 1. The lowest BCUT2D eigenvalue weighted by atomic mass is 9.67. The summed E-state index contributed by atoms with van der Waals surface area (Å²) < 4.78 is 70.9. The molecule has 5 aliphatic rings. The van der Waals surface area contributed by atoms with Crippen molar-refractivity contribution in [1.82, 2.24) is 20.8 Å². The maximum Gasteiger partial charge on any atom is 0.309 e. The first-order valence-electron chi connectivity index (χ1n) is 30.5. The number of ketones is 1. The van der Waals surface area contributed by atoms with Gasteiger partial charge in [-0.15, -0.1) is 0 Å². The van der Waals surface area contributed by atoms with Crippen LogP contribution in [0.15, 0.2) is 57.6 Å². The van der Waals surface area contributed by atoms with Gasteiger partial charge in [0.05, 0.1) is 73.4 Å². The van der Waals surface area contributed by atoms with Gasteiger partial charge in [-0.3, -0.25) is 24.8 Å². The van der Waals surface area contributed by atoms with Crippen LogP contribution in [0, 0.1) is 29.6 Å². The Labute approximate surface area is 508 Å². The third kappa shape index (κ3) is 16.7. The van der Waals surface area contributed by atoms with Crippen molar-refractivity contribution in [3.05, 3.63) is 53.4 Å². The van der Waals surface area contributed by atoms with E-state index in [1.54, 1.807) is 59.9 Å². The molecule has 0 radical (unpaired) electrons. The number of Topliss-reactive ketones (excluding diaryl/α,β-unsaturated/α-hetero) is 1. The molecule has 0 saturated carbocycles. The SMILES string of the molecule is CC[C@H]1OC(=O)[C@H](C)C([C@H]2C[C@@](C)(OC)[C@@H](O)[C@H](C)O2)[C@H](C)[C@@H](O[C@@H]2O[C@H](C)C[C@H](N(C)CCC3CN([C@H](CF)[C@H](OC)c4ccc(C5=CCC=C(N)N=C5)cc4)N=N3)[C@H]2O)[C@](C)(OC)C[C@@H](C)C(=O)[C@H](C)[C@@H](NNC(=O)COCCOC)[C@]1(C)O. The predicted octanol–water partition coefficient (Wildman–Crippen LogP) is 5.20. The number of allylic oxidation sites excluding steroid dienone is 3. The van der Waals surface area contributed by atoms with Crippen LogP contribution >= 0.6 is 0 Å². The second-order valence-electron chi connectivity index (χ2n) is 25.1. The van der Waals surface area contributed by atoms with Gasteiger partial charge in [0, 0.05) is 71.4 Å². The highest BCUT2D eigenvalue weighted by molar-refractivity contribution is 6.10. The molecular formula is C62H101FN8O15. The van der Waals surface area contributed by atoms with Crippen LogP contribution in [0.1, 0.15) is 125 Å². The molecule has 0 bridgehead atoms. The van der Waals surface area contributed by atoms with Crippen LogP contribution in [0.3, 0.4) is 0 Å². The number of methoxy groups -OCH3 is 4. The van der Waals surface area contributed by atoms with Crippen LogP contribution < -0.4 is 16.6 Å². The number of nitrogens with zero attached hydrogens (tertiary/aromatic N) is 5. The molecule has 1 amide bonds. The van der Waals surface area contributed by atoms with Crippen molar-refractivity contribution in [1.29, 1.82) is 0 Å². The van der Waals surface area contributed by atoms with Crippen molar-refractivity contribution in [3.63, 3.8) is 0 Å². The molecule has 486 valence electrons. The van der Waals surface area contributed by atoms with Gasteiger partial charge in [-0.05, 0) is 102 Å². The number of aliphatic imine (C=N–C) groups is 1. The van der Waals surface area contributed by atoms with E-state index in [4.69, 9.17) is 48.4 Å². The first-order chi connectivity index (χ1) is 40.7. The van der Waals surface area contributed by atoms with E-state index in [9.17, 15) is 20.1 Å². The summed E-state index contributed by atoms with van der Waals surface area (Å²) >= 11 is 0. The number of halogens is 1. The molecule has 1 aromatic rings. The van der Waals surface area contributed by atoms with Crippen molar-refractivity contribution in [2.75, 3.05) is 75.1 Å². The molecule has 0 aliphatic carbocycles. The van der Waals surface area contributed by atoms with Gasteiger partial charge in [-0.25, -0.2) is 14.8 Å². The summed E-state index contributed by atoms with van der Waals surface area (Å²) in [5, 5.41) is 47.3. The fourth-order valence-electron chi connectivity index (χ4n) is 13.6. The predicted molar refractivity (Wildman–Crippen MR) is 320 cm³/mol. The molecule has 24 heteroatoms. The number of ether oxygens (including phenoxy) is 9. The number of cyclic esters (lactones) is 1. The number of hydrogen-bond donors (Lipinski definition) is 6. The number of carbonyl (C=O) groups is 3. The minimum Gasteiger partial charge on any atom is -0.459 e. The number of hydrogen-bond acceptors (Lipinski definition) is 22. The van der Waals surface area contributed by atoms with Crippen LogP contribution in [0.4, 0.5) is 4.39 Å². The lowest BCUT2D eigenvalue weighted by Crippen LogP contribution is -2.65. The molecule has 0 spiro atoms. The highest BCUT2D eigenvalue weighted by Crippen LogP contribution is 2.46. The largest absolute Gasteiger partial charge is 0.459 e. The Morgan fingerprint density at radius 3 is 2.30 bits per heavy atom. The molecule has 3 saturated heterocycles. The summed E-state index contributed by atoms with van der Waals surface area (Å²) in [7, 11) is 8.02. The summed E-state index contributed by atoms with van der Waals surface area (Å²) in [6.45, 7) is 17.7. The standard InChI is InChI=1S/C62H101FN8O15/c1-16-48-62(10,77)55(68-67-50(72)34-82-27-26-78-12)39(6)52(73)35(2)29-61(9,81-15)57(37(4)51(38(5)58(76)85-48)47-30-60(8,80-14)56(75)40(7)84-47)86-59-53(74)45(28-36(3)83-59)70(11)25-24-44-33-71(69-66-44)46(31-63)54(79-13)42-22-20-41(21-23-42)43-18-17-19-49(64)65-32-43/h18-23,32,35-40,44-48,51,53-57,59,68,74-75,77H,16-17,24-31,33-34,64H2,1-15H3,(H,67,72)/t35-,36-,37+,38-,39+,40+,44?,45+,46-,47-,48-,51?,53-,54-,55-,56+,57-,59+,60-,61-,62-/m1/s1. The van der Waals surface area contributed by atoms with Gasteiger partial charge >= 0.3 is 5.97 Å². The molecule has 2 unspecified atom stereocenters. The molecule has 3 fully saturated rings. The van der Waals surface area contributed by atoms with Crippen LogP contribution in [0.5, 0.6) is 0 Å². The van der Waals surface area contributed by atoms with Crippen LogP contribution in [0.25, 0.3) is 5.57 Å². The zero-order valence-electron chi connectivity index (χ0n) is 53.4. The van der Waals surface area contributed by atoms with Gasteiger partial charge in [-0.1, -0.05) is 70.2 Å². The van der Waals surface area contributed by atoms with Gasteiger partial charge in [0.1, 0.15) is 60.9 Å². The van der Waals surface area contributed by atoms with Gasteiger partial charge in [-0.2, -0.15) is 5.11 Å². The quantitative estimate of drug-likeness (QED) is 0.0466.